The van der Waals surface area contributed by atoms with Gasteiger partial charge in [0.1, 0.15) is 0 Å². The zero-order chi connectivity index (χ0) is 15.9. The molecule has 0 aliphatic carbocycles. The molecule has 2 aromatic rings. The van der Waals surface area contributed by atoms with Crippen molar-refractivity contribution in [3.05, 3.63) is 59.7 Å². The summed E-state index contributed by atoms with van der Waals surface area (Å²) in [6, 6.07) is 16.9. The monoisotopic (exact) mass is 299 g/mol. The van der Waals surface area contributed by atoms with Crippen LogP contribution in [-0.2, 0) is 6.54 Å². The quantitative estimate of drug-likeness (QED) is 0.831. The van der Waals surface area contributed by atoms with Gasteiger partial charge in [-0.15, -0.1) is 0 Å². The van der Waals surface area contributed by atoms with Crippen LogP contribution < -0.4 is 14.8 Å². The van der Waals surface area contributed by atoms with Gasteiger partial charge in [0, 0.05) is 12.6 Å². The minimum atomic E-state index is 0.328. The second-order valence-corrected chi connectivity index (χ2v) is 5.70. The van der Waals surface area contributed by atoms with E-state index in [1.54, 1.807) is 14.2 Å². The third-order valence-electron chi connectivity index (χ3n) is 3.80. The molecule has 0 heterocycles. The van der Waals surface area contributed by atoms with Crippen LogP contribution in [0.15, 0.2) is 48.5 Å². The fourth-order valence-corrected chi connectivity index (χ4v) is 2.62. The molecule has 0 fully saturated rings. The lowest BCUT2D eigenvalue weighted by atomic mass is 9.96. The highest BCUT2D eigenvalue weighted by Gasteiger charge is 2.15. The second-order valence-electron chi connectivity index (χ2n) is 5.70. The van der Waals surface area contributed by atoms with E-state index in [0.29, 0.717) is 12.0 Å². The zero-order valence-electron chi connectivity index (χ0n) is 13.8. The predicted molar refractivity (Wildman–Crippen MR) is 90.4 cm³/mol. The van der Waals surface area contributed by atoms with E-state index < -0.39 is 0 Å². The van der Waals surface area contributed by atoms with Crippen molar-refractivity contribution in [3.8, 4) is 11.5 Å². The smallest absolute Gasteiger partial charge is 0.161 e. The first-order valence-corrected chi connectivity index (χ1v) is 7.65. The molecule has 0 amide bonds. The third kappa shape index (κ3) is 4.01. The molecule has 1 N–H and O–H groups in total. The minimum absolute atomic E-state index is 0.328. The molecule has 0 saturated carbocycles. The Labute approximate surface area is 133 Å². The fourth-order valence-electron chi connectivity index (χ4n) is 2.62. The molecule has 3 heteroatoms. The molecule has 0 aliphatic rings. The highest BCUT2D eigenvalue weighted by atomic mass is 16.5. The number of methoxy groups -OCH3 is 2. The molecular weight excluding hydrogens is 274 g/mol. The van der Waals surface area contributed by atoms with Gasteiger partial charge < -0.3 is 14.8 Å². The van der Waals surface area contributed by atoms with Gasteiger partial charge >= 0.3 is 0 Å². The Balaban J connectivity index is 2.10. The van der Waals surface area contributed by atoms with Gasteiger partial charge in [0.2, 0.25) is 0 Å². The molecule has 2 aromatic carbocycles. The van der Waals surface area contributed by atoms with Crippen LogP contribution in [0, 0.1) is 5.92 Å². The molecule has 22 heavy (non-hydrogen) atoms. The lowest BCUT2D eigenvalue weighted by Crippen LogP contribution is -2.25. The van der Waals surface area contributed by atoms with Crippen LogP contribution in [0.2, 0.25) is 0 Å². The average molecular weight is 299 g/mol. The molecular formula is C19H25NO2. The van der Waals surface area contributed by atoms with Gasteiger partial charge in [0.05, 0.1) is 14.2 Å². The number of hydrogen-bond acceptors (Lipinski definition) is 3. The van der Waals surface area contributed by atoms with Gasteiger partial charge in [0.25, 0.3) is 0 Å². The summed E-state index contributed by atoms with van der Waals surface area (Å²) < 4.78 is 10.6. The summed E-state index contributed by atoms with van der Waals surface area (Å²) >= 11 is 0. The summed E-state index contributed by atoms with van der Waals surface area (Å²) in [5.41, 5.74) is 2.50. The lowest BCUT2D eigenvalue weighted by molar-refractivity contribution is 0.354. The van der Waals surface area contributed by atoms with Gasteiger partial charge in [-0.05, 0) is 29.2 Å². The molecule has 2 rings (SSSR count). The highest BCUT2D eigenvalue weighted by Crippen LogP contribution is 2.28. The van der Waals surface area contributed by atoms with Crippen LogP contribution in [0.5, 0.6) is 11.5 Å². The Hall–Kier alpha value is -2.00. The van der Waals surface area contributed by atoms with Crippen LogP contribution in [-0.4, -0.2) is 14.2 Å². The highest BCUT2D eigenvalue weighted by molar-refractivity contribution is 5.42. The SMILES string of the molecule is COc1ccc(CNC(c2ccccc2)C(C)C)cc1OC. The molecule has 1 unspecified atom stereocenters. The van der Waals surface area contributed by atoms with E-state index in [1.807, 2.05) is 12.1 Å². The number of nitrogens with one attached hydrogen (secondary N) is 1. The van der Waals surface area contributed by atoms with Crippen molar-refractivity contribution < 1.29 is 9.47 Å². The van der Waals surface area contributed by atoms with Crippen molar-refractivity contribution >= 4 is 0 Å². The van der Waals surface area contributed by atoms with Gasteiger partial charge in [-0.25, -0.2) is 0 Å². The van der Waals surface area contributed by atoms with E-state index in [9.17, 15) is 0 Å². The van der Waals surface area contributed by atoms with Gasteiger partial charge in [-0.2, -0.15) is 0 Å². The predicted octanol–water partition coefficient (Wildman–Crippen LogP) is 4.19. The zero-order valence-corrected chi connectivity index (χ0v) is 13.8. The van der Waals surface area contributed by atoms with Crippen LogP contribution in [0.1, 0.15) is 31.0 Å². The Bertz CT molecular complexity index is 581. The van der Waals surface area contributed by atoms with Crippen LogP contribution >= 0.6 is 0 Å². The van der Waals surface area contributed by atoms with Crippen molar-refractivity contribution in [2.75, 3.05) is 14.2 Å². The Morgan fingerprint density at radius 1 is 0.909 bits per heavy atom. The summed E-state index contributed by atoms with van der Waals surface area (Å²) in [5.74, 6) is 2.04. The van der Waals surface area contributed by atoms with Crippen molar-refractivity contribution in [2.24, 2.45) is 5.92 Å². The third-order valence-corrected chi connectivity index (χ3v) is 3.80. The maximum absolute atomic E-state index is 5.36. The molecule has 3 nitrogen and oxygen atoms in total. The summed E-state index contributed by atoms with van der Waals surface area (Å²) in [7, 11) is 3.32. The van der Waals surface area contributed by atoms with E-state index in [2.05, 4.69) is 55.6 Å². The summed E-state index contributed by atoms with van der Waals surface area (Å²) in [5, 5.41) is 3.64. The van der Waals surface area contributed by atoms with E-state index in [-0.39, 0.29) is 0 Å². The Kier molecular flexibility index (Phi) is 5.84. The first kappa shape index (κ1) is 16.4. The topological polar surface area (TPSA) is 30.5 Å². The standard InChI is InChI=1S/C19H25NO2/c1-14(2)19(16-8-6-5-7-9-16)20-13-15-10-11-17(21-3)18(12-15)22-4/h5-12,14,19-20H,13H2,1-4H3. The number of ether oxygens (including phenoxy) is 2. The molecule has 0 aliphatic heterocycles. The maximum atomic E-state index is 5.36. The second kappa shape index (κ2) is 7.85. The van der Waals surface area contributed by atoms with Crippen molar-refractivity contribution in [1.82, 2.24) is 5.32 Å². The van der Waals surface area contributed by atoms with Gasteiger partial charge in [-0.3, -0.25) is 0 Å². The Morgan fingerprint density at radius 3 is 2.18 bits per heavy atom. The fraction of sp³-hybridized carbons (Fsp3) is 0.368. The molecule has 0 aromatic heterocycles. The average Bonchev–Trinajstić information content (AvgIpc) is 2.55. The van der Waals surface area contributed by atoms with Crippen molar-refractivity contribution in [3.63, 3.8) is 0 Å². The maximum Gasteiger partial charge on any atom is 0.161 e. The molecule has 0 radical (unpaired) electrons. The van der Waals surface area contributed by atoms with E-state index >= 15 is 0 Å². The largest absolute Gasteiger partial charge is 0.493 e. The van der Waals surface area contributed by atoms with Crippen LogP contribution in [0.25, 0.3) is 0 Å². The number of benzene rings is 2. The Morgan fingerprint density at radius 2 is 1.59 bits per heavy atom. The molecule has 1 atom stereocenters. The molecule has 0 saturated heterocycles. The number of hydrogen-bond donors (Lipinski definition) is 1. The molecule has 0 spiro atoms. The van der Waals surface area contributed by atoms with Crippen LogP contribution in [0.4, 0.5) is 0 Å². The van der Waals surface area contributed by atoms with Crippen molar-refractivity contribution in [2.45, 2.75) is 26.4 Å². The first-order valence-electron chi connectivity index (χ1n) is 7.65. The lowest BCUT2D eigenvalue weighted by Gasteiger charge is -2.23. The summed E-state index contributed by atoms with van der Waals surface area (Å²) in [6.07, 6.45) is 0. The van der Waals surface area contributed by atoms with Crippen molar-refractivity contribution in [1.29, 1.82) is 0 Å². The summed E-state index contributed by atoms with van der Waals surface area (Å²) in [4.78, 5) is 0. The normalized spacial score (nSPS) is 12.2. The van der Waals surface area contributed by atoms with E-state index in [1.165, 1.54) is 11.1 Å². The number of rotatable bonds is 7. The first-order chi connectivity index (χ1) is 10.7. The van der Waals surface area contributed by atoms with Gasteiger partial charge in [-0.1, -0.05) is 50.2 Å². The van der Waals surface area contributed by atoms with Crippen LogP contribution in [0.3, 0.4) is 0 Å². The van der Waals surface area contributed by atoms with E-state index in [4.69, 9.17) is 9.47 Å². The summed E-state index contributed by atoms with van der Waals surface area (Å²) in [6.45, 7) is 5.26. The molecule has 118 valence electrons. The molecule has 0 bridgehead atoms. The minimum Gasteiger partial charge on any atom is -0.493 e. The van der Waals surface area contributed by atoms with Gasteiger partial charge in [0.15, 0.2) is 11.5 Å². The van der Waals surface area contributed by atoms with E-state index in [0.717, 1.165) is 18.0 Å².